The summed E-state index contributed by atoms with van der Waals surface area (Å²) in [6, 6.07) is 2.91. The number of hydrogen-bond donors (Lipinski definition) is 3. The van der Waals surface area contributed by atoms with Crippen LogP contribution in [0.5, 0.6) is 0 Å². The molecule has 1 aromatic rings. The molecule has 0 spiro atoms. The van der Waals surface area contributed by atoms with Crippen molar-refractivity contribution in [2.75, 3.05) is 18.8 Å². The minimum absolute atomic E-state index is 0.225. The summed E-state index contributed by atoms with van der Waals surface area (Å²) in [6.45, 7) is 6.13. The zero-order chi connectivity index (χ0) is 17.6. The van der Waals surface area contributed by atoms with Crippen LogP contribution in [0.3, 0.4) is 0 Å². The summed E-state index contributed by atoms with van der Waals surface area (Å²) in [7, 11) is 0. The molecule has 0 saturated carbocycles. The van der Waals surface area contributed by atoms with Crippen LogP contribution in [0.2, 0.25) is 10.0 Å². The van der Waals surface area contributed by atoms with Gasteiger partial charge in [-0.2, -0.15) is 0 Å². The minimum atomic E-state index is -0.536. The van der Waals surface area contributed by atoms with Gasteiger partial charge >= 0.3 is 6.09 Å². The van der Waals surface area contributed by atoms with E-state index in [0.29, 0.717) is 25.1 Å². The standard InChI is InChI=1S/C15H21Cl2N3O3/c1-15(2,3)23-14(22)20-6-4-5-19-13(21)9-7-10(16)12(17)11(18)8-9/h7-8H,4-6,18H2,1-3H3,(H,19,21)(H,20,22). The summed E-state index contributed by atoms with van der Waals surface area (Å²) in [6.07, 6.45) is 0.0722. The lowest BCUT2D eigenvalue weighted by atomic mass is 10.2. The summed E-state index contributed by atoms with van der Waals surface area (Å²) < 4.78 is 5.09. The van der Waals surface area contributed by atoms with Crippen molar-refractivity contribution in [1.82, 2.24) is 10.6 Å². The van der Waals surface area contributed by atoms with Gasteiger partial charge in [-0.25, -0.2) is 4.79 Å². The highest BCUT2D eigenvalue weighted by Crippen LogP contribution is 2.29. The maximum Gasteiger partial charge on any atom is 0.407 e. The van der Waals surface area contributed by atoms with E-state index >= 15 is 0 Å². The van der Waals surface area contributed by atoms with Gasteiger partial charge < -0.3 is 21.1 Å². The normalized spacial score (nSPS) is 11.0. The summed E-state index contributed by atoms with van der Waals surface area (Å²) in [5.74, 6) is -0.312. The highest BCUT2D eigenvalue weighted by molar-refractivity contribution is 6.43. The minimum Gasteiger partial charge on any atom is -0.444 e. The molecule has 2 amide bonds. The maximum atomic E-state index is 12.0. The van der Waals surface area contributed by atoms with Gasteiger partial charge in [0.05, 0.1) is 15.7 Å². The first-order valence-electron chi connectivity index (χ1n) is 7.09. The van der Waals surface area contributed by atoms with Crippen LogP contribution in [-0.2, 0) is 4.74 Å². The number of carbonyl (C=O) groups is 2. The van der Waals surface area contributed by atoms with Crippen LogP contribution >= 0.6 is 23.2 Å². The molecular weight excluding hydrogens is 341 g/mol. The molecule has 0 aliphatic carbocycles. The molecule has 0 aliphatic heterocycles. The Morgan fingerprint density at radius 1 is 1.17 bits per heavy atom. The molecule has 128 valence electrons. The van der Waals surface area contributed by atoms with Gasteiger partial charge in [-0.1, -0.05) is 23.2 Å². The largest absolute Gasteiger partial charge is 0.444 e. The summed E-state index contributed by atoms with van der Waals surface area (Å²) >= 11 is 11.7. The van der Waals surface area contributed by atoms with Crippen molar-refractivity contribution in [2.24, 2.45) is 0 Å². The fourth-order valence-electron chi connectivity index (χ4n) is 1.64. The highest BCUT2D eigenvalue weighted by atomic mass is 35.5. The zero-order valence-electron chi connectivity index (χ0n) is 13.3. The van der Waals surface area contributed by atoms with Crippen molar-refractivity contribution in [3.8, 4) is 0 Å². The summed E-state index contributed by atoms with van der Waals surface area (Å²) in [5, 5.41) is 5.77. The van der Waals surface area contributed by atoms with Crippen molar-refractivity contribution >= 4 is 40.9 Å². The molecule has 8 heteroatoms. The molecule has 1 rings (SSSR count). The van der Waals surface area contributed by atoms with Gasteiger partial charge in [0.2, 0.25) is 0 Å². The second-order valence-corrected chi connectivity index (χ2v) is 6.68. The van der Waals surface area contributed by atoms with E-state index in [2.05, 4.69) is 10.6 Å². The Morgan fingerprint density at radius 2 is 1.78 bits per heavy atom. The van der Waals surface area contributed by atoms with Crippen molar-refractivity contribution in [2.45, 2.75) is 32.8 Å². The van der Waals surface area contributed by atoms with E-state index < -0.39 is 11.7 Å². The molecule has 1 aromatic carbocycles. The predicted octanol–water partition coefficient (Wildman–Crippen LogP) is 3.22. The predicted molar refractivity (Wildman–Crippen MR) is 92.1 cm³/mol. The van der Waals surface area contributed by atoms with E-state index in [4.69, 9.17) is 33.7 Å². The maximum absolute atomic E-state index is 12.0. The third-order valence-electron chi connectivity index (χ3n) is 2.63. The number of rotatable bonds is 5. The fraction of sp³-hybridized carbons (Fsp3) is 0.467. The average Bonchev–Trinajstić information content (AvgIpc) is 2.41. The first-order valence-corrected chi connectivity index (χ1v) is 7.85. The Morgan fingerprint density at radius 3 is 2.35 bits per heavy atom. The zero-order valence-corrected chi connectivity index (χ0v) is 14.8. The van der Waals surface area contributed by atoms with E-state index in [1.54, 1.807) is 20.8 Å². The van der Waals surface area contributed by atoms with Crippen molar-refractivity contribution in [3.05, 3.63) is 27.7 Å². The number of amides is 2. The van der Waals surface area contributed by atoms with E-state index in [1.807, 2.05) is 0 Å². The highest BCUT2D eigenvalue weighted by Gasteiger charge is 2.15. The Bertz CT molecular complexity index is 563. The number of halogens is 2. The number of nitrogens with two attached hydrogens (primary N) is 1. The van der Waals surface area contributed by atoms with Crippen LogP contribution in [-0.4, -0.2) is 30.7 Å². The number of carbonyl (C=O) groups excluding carboxylic acids is 2. The van der Waals surface area contributed by atoms with E-state index in [0.717, 1.165) is 0 Å². The third kappa shape index (κ3) is 6.97. The second-order valence-electron chi connectivity index (χ2n) is 5.90. The lowest BCUT2D eigenvalue weighted by Gasteiger charge is -2.19. The lowest BCUT2D eigenvalue weighted by molar-refractivity contribution is 0.0527. The Kier molecular flexibility index (Phi) is 6.97. The second kappa shape index (κ2) is 8.26. The Hall–Kier alpha value is -1.66. The molecule has 0 saturated heterocycles. The molecule has 0 unspecified atom stereocenters. The van der Waals surface area contributed by atoms with Crippen molar-refractivity contribution in [1.29, 1.82) is 0 Å². The SMILES string of the molecule is CC(C)(C)OC(=O)NCCCNC(=O)c1cc(N)c(Cl)c(Cl)c1. The number of benzene rings is 1. The molecule has 0 atom stereocenters. The summed E-state index contributed by atoms with van der Waals surface area (Å²) in [4.78, 5) is 23.4. The molecule has 0 radical (unpaired) electrons. The van der Waals surface area contributed by atoms with E-state index in [1.165, 1.54) is 12.1 Å². The quantitative estimate of drug-likeness (QED) is 0.554. The van der Waals surface area contributed by atoms with Crippen molar-refractivity contribution in [3.63, 3.8) is 0 Å². The first-order chi connectivity index (χ1) is 10.6. The Balaban J connectivity index is 2.34. The van der Waals surface area contributed by atoms with Crippen molar-refractivity contribution < 1.29 is 14.3 Å². The molecule has 0 aromatic heterocycles. The number of ether oxygens (including phenoxy) is 1. The monoisotopic (exact) mass is 361 g/mol. The van der Waals surface area contributed by atoms with Gasteiger partial charge in [0.15, 0.2) is 0 Å². The molecule has 0 fully saturated rings. The van der Waals surface area contributed by atoms with Crippen LogP contribution in [0.25, 0.3) is 0 Å². The number of anilines is 1. The van der Waals surface area contributed by atoms with Gasteiger partial charge in [-0.15, -0.1) is 0 Å². The van der Waals surface area contributed by atoms with Crippen LogP contribution in [0.1, 0.15) is 37.6 Å². The first kappa shape index (κ1) is 19.4. The van der Waals surface area contributed by atoms with Gasteiger partial charge in [0, 0.05) is 18.7 Å². The van der Waals surface area contributed by atoms with Crippen LogP contribution in [0.4, 0.5) is 10.5 Å². The van der Waals surface area contributed by atoms with Gasteiger partial charge in [0.1, 0.15) is 5.60 Å². The molecule has 0 heterocycles. The topological polar surface area (TPSA) is 93.5 Å². The number of alkyl carbamates (subject to hydrolysis) is 1. The molecule has 0 aliphatic rings. The van der Waals surface area contributed by atoms with Gasteiger partial charge in [-0.05, 0) is 39.3 Å². The lowest BCUT2D eigenvalue weighted by Crippen LogP contribution is -2.34. The number of nitrogens with one attached hydrogen (secondary N) is 2. The van der Waals surface area contributed by atoms with Crippen LogP contribution < -0.4 is 16.4 Å². The third-order valence-corrected chi connectivity index (χ3v) is 3.44. The summed E-state index contributed by atoms with van der Waals surface area (Å²) in [5.41, 5.74) is 5.70. The van der Waals surface area contributed by atoms with E-state index in [9.17, 15) is 9.59 Å². The van der Waals surface area contributed by atoms with Crippen LogP contribution in [0.15, 0.2) is 12.1 Å². The van der Waals surface area contributed by atoms with Gasteiger partial charge in [-0.3, -0.25) is 4.79 Å². The Labute approximate surface area is 145 Å². The van der Waals surface area contributed by atoms with Gasteiger partial charge in [0.25, 0.3) is 5.91 Å². The smallest absolute Gasteiger partial charge is 0.407 e. The molecule has 6 nitrogen and oxygen atoms in total. The number of hydrogen-bond acceptors (Lipinski definition) is 4. The van der Waals surface area contributed by atoms with Crippen LogP contribution in [0, 0.1) is 0 Å². The molecular formula is C15H21Cl2N3O3. The van der Waals surface area contributed by atoms with E-state index in [-0.39, 0.29) is 21.6 Å². The molecule has 0 bridgehead atoms. The molecule has 4 N–H and O–H groups in total. The average molecular weight is 362 g/mol. The fourth-order valence-corrected chi connectivity index (χ4v) is 1.97. The molecule has 23 heavy (non-hydrogen) atoms. The number of nitrogen functional groups attached to an aromatic ring is 1.